The van der Waals surface area contributed by atoms with Crippen molar-refractivity contribution in [2.75, 3.05) is 7.11 Å². The van der Waals surface area contributed by atoms with Gasteiger partial charge in [0, 0.05) is 0 Å². The van der Waals surface area contributed by atoms with Crippen LogP contribution >= 0.6 is 0 Å². The van der Waals surface area contributed by atoms with Crippen LogP contribution in [0.3, 0.4) is 0 Å². The van der Waals surface area contributed by atoms with Crippen LogP contribution in [0.1, 0.15) is 16.7 Å². The summed E-state index contributed by atoms with van der Waals surface area (Å²) < 4.78 is 4.78. The van der Waals surface area contributed by atoms with Crippen molar-refractivity contribution in [2.45, 2.75) is 5.41 Å². The van der Waals surface area contributed by atoms with Gasteiger partial charge in [0.25, 0.3) is 0 Å². The van der Waals surface area contributed by atoms with E-state index < -0.39 is 17.4 Å². The third kappa shape index (κ3) is 1.84. The van der Waals surface area contributed by atoms with Crippen LogP contribution in [0, 0.1) is 0 Å². The Morgan fingerprint density at radius 3 is 2.27 bits per heavy atom. The third-order valence-electron chi connectivity index (χ3n) is 3.93. The molecule has 22 heavy (non-hydrogen) atoms. The molecular weight excluding hydrogens is 280 g/mol. The lowest BCUT2D eigenvalue weighted by Crippen LogP contribution is -2.41. The van der Waals surface area contributed by atoms with Crippen molar-refractivity contribution in [2.24, 2.45) is 0 Å². The van der Waals surface area contributed by atoms with E-state index in [1.807, 2.05) is 42.5 Å². The average molecular weight is 294 g/mol. The Morgan fingerprint density at radius 1 is 1.00 bits per heavy atom. The molecule has 0 amide bonds. The van der Waals surface area contributed by atoms with Crippen molar-refractivity contribution in [3.05, 3.63) is 77.4 Å². The maximum absolute atomic E-state index is 12.3. The van der Waals surface area contributed by atoms with E-state index in [-0.39, 0.29) is 0 Å². The van der Waals surface area contributed by atoms with Gasteiger partial charge in [-0.2, -0.15) is 0 Å². The van der Waals surface area contributed by atoms with Crippen LogP contribution in [0.5, 0.6) is 0 Å². The molecule has 110 valence electrons. The van der Waals surface area contributed by atoms with E-state index in [2.05, 4.69) is 0 Å². The quantitative estimate of drug-likeness (QED) is 0.698. The molecule has 4 nitrogen and oxygen atoms in total. The summed E-state index contributed by atoms with van der Waals surface area (Å²) in [4.78, 5) is 24.2. The largest absolute Gasteiger partial charge is 0.480 e. The van der Waals surface area contributed by atoms with Gasteiger partial charge >= 0.3 is 11.9 Å². The highest BCUT2D eigenvalue weighted by Gasteiger charge is 2.52. The number of ether oxygens (including phenoxy) is 1. The van der Waals surface area contributed by atoms with Crippen LogP contribution in [-0.4, -0.2) is 24.2 Å². The highest BCUT2D eigenvalue weighted by molar-refractivity contribution is 6.13. The lowest BCUT2D eigenvalue weighted by atomic mass is 9.82. The minimum absolute atomic E-state index is 0.438. The molecule has 0 saturated carbocycles. The number of benzene rings is 2. The molecule has 1 N–H and O–H groups in total. The Bertz CT molecular complexity index is 777. The number of esters is 1. The number of carboxylic acid groups (broad SMARTS) is 1. The second-order valence-electron chi connectivity index (χ2n) is 5.07. The molecule has 2 aromatic carbocycles. The number of carbonyl (C=O) groups excluding carboxylic acids is 1. The van der Waals surface area contributed by atoms with E-state index in [4.69, 9.17) is 4.74 Å². The van der Waals surface area contributed by atoms with Gasteiger partial charge in [0.2, 0.25) is 5.41 Å². The topological polar surface area (TPSA) is 63.6 Å². The number of methoxy groups -OCH3 is 1. The van der Waals surface area contributed by atoms with Gasteiger partial charge in [-0.05, 0) is 28.3 Å². The van der Waals surface area contributed by atoms with Crippen LogP contribution in [-0.2, 0) is 19.7 Å². The molecule has 0 bridgehead atoms. The average Bonchev–Trinajstić information content (AvgIpc) is 2.91. The monoisotopic (exact) mass is 294 g/mol. The second-order valence-corrected chi connectivity index (χ2v) is 5.07. The van der Waals surface area contributed by atoms with Crippen LogP contribution < -0.4 is 0 Å². The molecule has 4 heteroatoms. The number of carbonyl (C=O) groups is 2. The van der Waals surface area contributed by atoms with Gasteiger partial charge < -0.3 is 9.84 Å². The molecule has 3 rings (SSSR count). The van der Waals surface area contributed by atoms with Crippen LogP contribution in [0.15, 0.2) is 60.7 Å². The highest BCUT2D eigenvalue weighted by Crippen LogP contribution is 2.44. The minimum atomic E-state index is -1.80. The fourth-order valence-corrected chi connectivity index (χ4v) is 2.88. The Kier molecular flexibility index (Phi) is 3.29. The summed E-state index contributed by atoms with van der Waals surface area (Å²) >= 11 is 0. The zero-order valence-electron chi connectivity index (χ0n) is 11.9. The van der Waals surface area contributed by atoms with Gasteiger partial charge in [-0.25, -0.2) is 0 Å². The summed E-state index contributed by atoms with van der Waals surface area (Å²) in [7, 11) is 1.20. The summed E-state index contributed by atoms with van der Waals surface area (Å²) in [5.41, 5.74) is 0.969. The Labute approximate surface area is 127 Å². The number of rotatable bonds is 3. The Morgan fingerprint density at radius 2 is 1.64 bits per heavy atom. The summed E-state index contributed by atoms with van der Waals surface area (Å²) in [5.74, 6) is -2.03. The predicted octanol–water partition coefficient (Wildman–Crippen LogP) is 2.63. The summed E-state index contributed by atoms with van der Waals surface area (Å²) in [6.45, 7) is 0. The molecule has 0 heterocycles. The molecule has 2 aromatic rings. The lowest BCUT2D eigenvalue weighted by Gasteiger charge is -2.20. The van der Waals surface area contributed by atoms with Gasteiger partial charge in [0.05, 0.1) is 7.11 Å². The molecular formula is C18H14O4. The van der Waals surface area contributed by atoms with Crippen LogP contribution in [0.25, 0.3) is 5.57 Å². The zero-order chi connectivity index (χ0) is 15.7. The maximum atomic E-state index is 12.3. The number of hydrogen-bond donors (Lipinski definition) is 1. The minimum Gasteiger partial charge on any atom is -0.480 e. The van der Waals surface area contributed by atoms with Crippen LogP contribution in [0.2, 0.25) is 0 Å². The fraction of sp³-hybridized carbons (Fsp3) is 0.111. The molecule has 1 aliphatic carbocycles. The van der Waals surface area contributed by atoms with E-state index in [0.29, 0.717) is 5.56 Å². The zero-order valence-corrected chi connectivity index (χ0v) is 11.9. The first kappa shape index (κ1) is 14.1. The smallest absolute Gasteiger partial charge is 0.331 e. The van der Waals surface area contributed by atoms with Crippen molar-refractivity contribution in [3.63, 3.8) is 0 Å². The highest BCUT2D eigenvalue weighted by atomic mass is 16.5. The molecule has 1 unspecified atom stereocenters. The van der Waals surface area contributed by atoms with Gasteiger partial charge in [-0.1, -0.05) is 54.6 Å². The van der Waals surface area contributed by atoms with Gasteiger partial charge in [-0.15, -0.1) is 0 Å². The van der Waals surface area contributed by atoms with Crippen LogP contribution in [0.4, 0.5) is 0 Å². The second kappa shape index (κ2) is 5.15. The van der Waals surface area contributed by atoms with Crippen molar-refractivity contribution in [1.82, 2.24) is 0 Å². The van der Waals surface area contributed by atoms with E-state index in [1.165, 1.54) is 13.2 Å². The standard InChI is InChI=1S/C18H14O4/c1-22-17(21)18(16(19)20)11-14(12-7-3-2-4-8-12)13-9-5-6-10-15(13)18/h2-11H,1H3,(H,19,20). The number of hydrogen-bond acceptors (Lipinski definition) is 3. The van der Waals surface area contributed by atoms with E-state index in [0.717, 1.165) is 16.7 Å². The van der Waals surface area contributed by atoms with Gasteiger partial charge in [0.1, 0.15) is 0 Å². The summed E-state index contributed by atoms with van der Waals surface area (Å²) in [6, 6.07) is 16.4. The molecule has 0 spiro atoms. The van der Waals surface area contributed by atoms with Crippen molar-refractivity contribution < 1.29 is 19.4 Å². The van der Waals surface area contributed by atoms with Crippen molar-refractivity contribution >= 4 is 17.5 Å². The SMILES string of the molecule is COC(=O)C1(C(=O)O)C=C(c2ccccc2)c2ccccc21. The molecule has 0 saturated heterocycles. The number of fused-ring (bicyclic) bond motifs is 1. The van der Waals surface area contributed by atoms with E-state index in [9.17, 15) is 14.7 Å². The summed E-state index contributed by atoms with van der Waals surface area (Å²) in [5, 5.41) is 9.73. The van der Waals surface area contributed by atoms with Crippen molar-refractivity contribution in [1.29, 1.82) is 0 Å². The Hall–Kier alpha value is -2.88. The van der Waals surface area contributed by atoms with E-state index >= 15 is 0 Å². The molecule has 0 aromatic heterocycles. The van der Waals surface area contributed by atoms with E-state index in [1.54, 1.807) is 12.1 Å². The molecule has 0 aliphatic heterocycles. The van der Waals surface area contributed by atoms with Gasteiger partial charge in [-0.3, -0.25) is 9.59 Å². The normalized spacial score (nSPS) is 19.2. The first-order valence-electron chi connectivity index (χ1n) is 6.81. The predicted molar refractivity (Wildman–Crippen MR) is 81.3 cm³/mol. The van der Waals surface area contributed by atoms with Crippen molar-refractivity contribution in [3.8, 4) is 0 Å². The first-order valence-corrected chi connectivity index (χ1v) is 6.81. The third-order valence-corrected chi connectivity index (χ3v) is 3.93. The summed E-state index contributed by atoms with van der Waals surface area (Å²) in [6.07, 6.45) is 1.49. The lowest BCUT2D eigenvalue weighted by molar-refractivity contribution is -0.156. The molecule has 0 fully saturated rings. The molecule has 0 radical (unpaired) electrons. The Balaban J connectivity index is 2.31. The molecule has 1 aliphatic rings. The fourth-order valence-electron chi connectivity index (χ4n) is 2.88. The maximum Gasteiger partial charge on any atom is 0.331 e. The first-order chi connectivity index (χ1) is 10.6. The number of carboxylic acids is 1. The molecule has 1 atom stereocenters. The van der Waals surface area contributed by atoms with Gasteiger partial charge in [0.15, 0.2) is 0 Å². The number of aliphatic carboxylic acids is 1.